The highest BCUT2D eigenvalue weighted by Crippen LogP contribution is 2.46. The van der Waals surface area contributed by atoms with Gasteiger partial charge in [-0.25, -0.2) is 21.9 Å². The number of sulfonamides is 1. The van der Waals surface area contributed by atoms with Gasteiger partial charge in [0.1, 0.15) is 5.54 Å². The molecule has 1 aliphatic carbocycles. The lowest BCUT2D eigenvalue weighted by Gasteiger charge is -2.37. The van der Waals surface area contributed by atoms with Gasteiger partial charge in [-0.1, -0.05) is 25.2 Å². The zero-order valence-electron chi connectivity index (χ0n) is 21.8. The molecule has 2 fully saturated rings. The van der Waals surface area contributed by atoms with Gasteiger partial charge < -0.3 is 14.9 Å². The molecule has 2 aromatic heterocycles. The molecule has 3 aromatic rings. The van der Waals surface area contributed by atoms with Gasteiger partial charge in [-0.2, -0.15) is 15.1 Å². The molecule has 0 unspecified atom stereocenters. The van der Waals surface area contributed by atoms with Crippen LogP contribution in [0.3, 0.4) is 0 Å². The molecular formula is C24H28F2N8O4S2. The number of nitrogens with one attached hydrogen (secondary N) is 1. The smallest absolute Gasteiger partial charge is 0.291 e. The lowest BCUT2D eigenvalue weighted by molar-refractivity contribution is -0.134. The van der Waals surface area contributed by atoms with Crippen molar-refractivity contribution in [3.8, 4) is 11.2 Å². The van der Waals surface area contributed by atoms with Crippen LogP contribution in [0.1, 0.15) is 38.1 Å². The highest BCUT2D eigenvalue weighted by molar-refractivity contribution is 7.89. The van der Waals surface area contributed by atoms with Crippen molar-refractivity contribution in [2.24, 2.45) is 11.8 Å². The molecule has 2 atom stereocenters. The number of carbonyl (C=O) groups excluding carboxylic acids is 1. The van der Waals surface area contributed by atoms with Crippen LogP contribution in [-0.4, -0.2) is 82.6 Å². The van der Waals surface area contributed by atoms with E-state index in [1.165, 1.54) is 23.0 Å². The monoisotopic (exact) mass is 594 g/mol. The first-order chi connectivity index (χ1) is 19.0. The summed E-state index contributed by atoms with van der Waals surface area (Å²) in [5.74, 6) is -0.426. The predicted molar refractivity (Wildman–Crippen MR) is 142 cm³/mol. The summed E-state index contributed by atoms with van der Waals surface area (Å²) >= 11 is 0.643. The summed E-state index contributed by atoms with van der Waals surface area (Å²) in [5, 5.41) is 30.8. The summed E-state index contributed by atoms with van der Waals surface area (Å²) < 4.78 is 57.4. The number of aliphatic hydroxyl groups excluding tert-OH is 1. The lowest BCUT2D eigenvalue weighted by atomic mass is 10.1. The second kappa shape index (κ2) is 10.6. The summed E-state index contributed by atoms with van der Waals surface area (Å²) in [6.45, 7) is 5.25. The van der Waals surface area contributed by atoms with E-state index in [0.29, 0.717) is 54.1 Å². The maximum atomic E-state index is 13.6. The third-order valence-corrected chi connectivity index (χ3v) is 9.67. The standard InChI is InChI=1S/C24H28F2N8O4S2/c1-14(2)22(36)33-6-4-32(5-7-33)18-9-16(40(37,38)31-24(13-27)11-15(24)3-8-35)10-19-17(18)12-28-34(19)23-30-29-21(39-23)20(25)26/h9-10,12,14-15,20,31,35H,3-8,11H2,1-2H3/t15-,24-/m1/s1. The molecule has 1 aliphatic heterocycles. The van der Waals surface area contributed by atoms with Crippen molar-refractivity contribution in [1.29, 1.82) is 5.26 Å². The number of aromatic nitrogens is 4. The van der Waals surface area contributed by atoms with Gasteiger partial charge in [-0.3, -0.25) is 4.79 Å². The number of hydrogen-bond donors (Lipinski definition) is 2. The Morgan fingerprint density at radius 3 is 2.60 bits per heavy atom. The average molecular weight is 595 g/mol. The van der Waals surface area contributed by atoms with Crippen LogP contribution in [0.25, 0.3) is 16.0 Å². The van der Waals surface area contributed by atoms with Gasteiger partial charge in [-0.15, -0.1) is 10.2 Å². The third kappa shape index (κ3) is 5.14. The number of carbonyl (C=O) groups is 1. The summed E-state index contributed by atoms with van der Waals surface area (Å²) in [7, 11) is -4.23. The van der Waals surface area contributed by atoms with Gasteiger partial charge in [0.25, 0.3) is 6.43 Å². The van der Waals surface area contributed by atoms with Crippen molar-refractivity contribution < 1.29 is 27.1 Å². The Labute approximate surface area is 233 Å². The quantitative estimate of drug-likeness (QED) is 0.378. The fourth-order valence-electron chi connectivity index (χ4n) is 5.00. The van der Waals surface area contributed by atoms with Crippen molar-refractivity contribution in [1.82, 2.24) is 29.6 Å². The lowest BCUT2D eigenvalue weighted by Crippen LogP contribution is -2.50. The van der Waals surface area contributed by atoms with Crippen LogP contribution in [0.5, 0.6) is 0 Å². The zero-order valence-corrected chi connectivity index (χ0v) is 23.4. The van der Waals surface area contributed by atoms with E-state index in [9.17, 15) is 32.4 Å². The average Bonchev–Trinajstić information content (AvgIpc) is 3.26. The van der Waals surface area contributed by atoms with Crippen molar-refractivity contribution in [3.63, 3.8) is 0 Å². The SMILES string of the molecule is CC(C)C(=O)N1CCN(c2cc(S(=O)(=O)N[C@@]3(C#N)C[C@H]3CCO)cc3c2cnn3-c2nnc(C(F)F)s2)CC1. The molecule has 1 saturated heterocycles. The van der Waals surface area contributed by atoms with Crippen LogP contribution in [0.4, 0.5) is 14.5 Å². The van der Waals surface area contributed by atoms with Crippen LogP contribution in [0, 0.1) is 23.2 Å². The fraction of sp³-hybridized carbons (Fsp3) is 0.542. The van der Waals surface area contributed by atoms with Gasteiger partial charge in [0.2, 0.25) is 21.1 Å². The topological polar surface area (TPSA) is 157 Å². The van der Waals surface area contributed by atoms with E-state index in [4.69, 9.17) is 0 Å². The molecule has 214 valence electrons. The van der Waals surface area contributed by atoms with E-state index in [-0.39, 0.29) is 47.2 Å². The summed E-state index contributed by atoms with van der Waals surface area (Å²) in [4.78, 5) is 16.1. The van der Waals surface area contributed by atoms with Gasteiger partial charge in [-0.05, 0) is 30.9 Å². The first kappa shape index (κ1) is 28.3. The molecule has 1 amide bonds. The summed E-state index contributed by atoms with van der Waals surface area (Å²) in [6, 6.07) is 4.91. The van der Waals surface area contributed by atoms with E-state index in [2.05, 4.69) is 20.0 Å². The summed E-state index contributed by atoms with van der Waals surface area (Å²) in [5.41, 5.74) is -0.470. The molecule has 1 aromatic carbocycles. The van der Waals surface area contributed by atoms with Crippen LogP contribution in [0.2, 0.25) is 0 Å². The molecule has 0 bridgehead atoms. The Morgan fingerprint density at radius 1 is 1.27 bits per heavy atom. The first-order valence-electron chi connectivity index (χ1n) is 12.7. The largest absolute Gasteiger partial charge is 0.396 e. The Balaban J connectivity index is 1.56. The molecule has 12 nitrogen and oxygen atoms in total. The highest BCUT2D eigenvalue weighted by atomic mass is 32.2. The first-order valence-corrected chi connectivity index (χ1v) is 15.0. The molecule has 16 heteroatoms. The van der Waals surface area contributed by atoms with E-state index in [1.807, 2.05) is 24.8 Å². The Kier molecular flexibility index (Phi) is 7.50. The number of halogens is 2. The molecule has 40 heavy (non-hydrogen) atoms. The van der Waals surface area contributed by atoms with Crippen LogP contribution < -0.4 is 9.62 Å². The van der Waals surface area contributed by atoms with Crippen molar-refractivity contribution in [2.45, 2.75) is 43.5 Å². The number of anilines is 1. The maximum absolute atomic E-state index is 13.6. The van der Waals surface area contributed by atoms with Crippen LogP contribution >= 0.6 is 11.3 Å². The van der Waals surface area contributed by atoms with Crippen LogP contribution in [-0.2, 0) is 14.8 Å². The number of hydrogen-bond acceptors (Lipinski definition) is 10. The Bertz CT molecular complexity index is 1580. The van der Waals surface area contributed by atoms with Crippen molar-refractivity contribution in [3.05, 3.63) is 23.3 Å². The highest BCUT2D eigenvalue weighted by Gasteiger charge is 2.57. The number of benzene rings is 1. The summed E-state index contributed by atoms with van der Waals surface area (Å²) in [6.07, 6.45) is -0.737. The van der Waals surface area contributed by atoms with Crippen molar-refractivity contribution >= 4 is 43.9 Å². The van der Waals surface area contributed by atoms with Gasteiger partial charge in [0.05, 0.1) is 22.7 Å². The van der Waals surface area contributed by atoms with E-state index < -0.39 is 27.0 Å². The number of fused-ring (bicyclic) bond motifs is 1. The molecule has 0 radical (unpaired) electrons. The molecule has 3 heterocycles. The minimum absolute atomic E-state index is 0.0351. The van der Waals surface area contributed by atoms with Gasteiger partial charge in [0.15, 0.2) is 5.01 Å². The Morgan fingerprint density at radius 2 is 2.00 bits per heavy atom. The number of nitrogens with zero attached hydrogens (tertiary/aromatic N) is 7. The molecule has 2 aliphatic rings. The second-order valence-electron chi connectivity index (χ2n) is 10.2. The number of aliphatic hydroxyl groups is 1. The number of alkyl halides is 2. The predicted octanol–water partition coefficient (Wildman–Crippen LogP) is 2.06. The fourth-order valence-corrected chi connectivity index (χ4v) is 7.10. The molecule has 5 rings (SSSR count). The van der Waals surface area contributed by atoms with Gasteiger partial charge in [0, 0.05) is 49.8 Å². The van der Waals surface area contributed by atoms with Crippen molar-refractivity contribution in [2.75, 3.05) is 37.7 Å². The van der Waals surface area contributed by atoms with Gasteiger partial charge >= 0.3 is 0 Å². The molecular weight excluding hydrogens is 566 g/mol. The second-order valence-corrected chi connectivity index (χ2v) is 12.9. The number of nitriles is 1. The molecule has 1 saturated carbocycles. The Hall–Kier alpha value is -3.26. The number of amides is 1. The minimum Gasteiger partial charge on any atom is -0.396 e. The minimum atomic E-state index is -4.23. The zero-order chi connectivity index (χ0) is 28.8. The third-order valence-electron chi connectivity index (χ3n) is 7.27. The number of piperazine rings is 1. The molecule has 2 N–H and O–H groups in total. The van der Waals surface area contributed by atoms with E-state index in [1.54, 1.807) is 4.90 Å². The maximum Gasteiger partial charge on any atom is 0.291 e. The van der Waals surface area contributed by atoms with Crippen LogP contribution in [0.15, 0.2) is 23.2 Å². The van der Waals surface area contributed by atoms with E-state index in [0.717, 1.165) is 0 Å². The number of rotatable bonds is 9. The normalized spacial score (nSPS) is 21.4. The van der Waals surface area contributed by atoms with E-state index >= 15 is 0 Å². The molecule has 0 spiro atoms.